The minimum absolute atomic E-state index is 0.00869. The molecule has 4 aliphatic rings. The lowest BCUT2D eigenvalue weighted by Crippen LogP contribution is -2.57. The van der Waals surface area contributed by atoms with Gasteiger partial charge in [0, 0.05) is 36.1 Å². The number of amides is 1. The highest BCUT2D eigenvalue weighted by atomic mass is 19.1. The molecule has 6 rings (SSSR count). The summed E-state index contributed by atoms with van der Waals surface area (Å²) >= 11 is 0. The van der Waals surface area contributed by atoms with Gasteiger partial charge < -0.3 is 10.6 Å². The number of hydrogen-bond donors (Lipinski definition) is 2. The Morgan fingerprint density at radius 3 is 2.18 bits per heavy atom. The van der Waals surface area contributed by atoms with Crippen LogP contribution in [-0.2, 0) is 9.59 Å². The molecule has 0 bridgehead atoms. The quantitative estimate of drug-likeness (QED) is 0.515. The highest BCUT2D eigenvalue weighted by Crippen LogP contribution is 2.64. The van der Waals surface area contributed by atoms with Gasteiger partial charge in [-0.1, -0.05) is 38.1 Å². The SMILES string of the molecule is C[C@]12CC[C@H]3[C@@H](CNC4=CC(=O)CC[C@@]43C)[C@@H]1CC[C@@H]2C(=O)NC(c1ccc(F)cc1)c1ccc(F)cc1. The minimum atomic E-state index is -0.481. The molecule has 2 aromatic carbocycles. The van der Waals surface area contributed by atoms with E-state index in [0.717, 1.165) is 55.5 Å². The number of nitrogens with one attached hydrogen (secondary N) is 2. The van der Waals surface area contributed by atoms with Crippen LogP contribution in [0.2, 0.25) is 0 Å². The first kappa shape index (κ1) is 25.3. The van der Waals surface area contributed by atoms with Crippen molar-refractivity contribution >= 4 is 11.7 Å². The number of carbonyl (C=O) groups excluding carboxylic acids is 2. The van der Waals surface area contributed by atoms with Crippen molar-refractivity contribution in [1.82, 2.24) is 10.6 Å². The standard InChI is InChI=1S/C32H36F2N2O2/c1-31-16-14-26-24(18-35-28-17-23(37)13-15-32(26,28)2)25(31)11-12-27(31)30(38)36-29(19-3-7-21(33)8-4-19)20-5-9-22(34)10-6-20/h3-10,17,24-27,29,35H,11-16,18H2,1-2H3,(H,36,38)/t24-,25-,26-,27+,31-,32+/m0/s1. The van der Waals surface area contributed by atoms with E-state index in [1.54, 1.807) is 24.3 Å². The Hall–Kier alpha value is -3.02. The van der Waals surface area contributed by atoms with Gasteiger partial charge >= 0.3 is 0 Å². The monoisotopic (exact) mass is 518 g/mol. The third-order valence-electron chi connectivity index (χ3n) is 10.6. The molecule has 0 radical (unpaired) electrons. The summed E-state index contributed by atoms with van der Waals surface area (Å²) in [7, 11) is 0. The van der Waals surface area contributed by atoms with E-state index in [9.17, 15) is 18.4 Å². The van der Waals surface area contributed by atoms with Gasteiger partial charge in [-0.25, -0.2) is 8.78 Å². The van der Waals surface area contributed by atoms with E-state index < -0.39 is 6.04 Å². The molecule has 2 aromatic rings. The molecule has 1 heterocycles. The van der Waals surface area contributed by atoms with Crippen molar-refractivity contribution in [3.8, 4) is 0 Å². The van der Waals surface area contributed by atoms with E-state index in [2.05, 4.69) is 24.5 Å². The Balaban J connectivity index is 1.25. The number of ketones is 1. The van der Waals surface area contributed by atoms with Gasteiger partial charge in [0.15, 0.2) is 5.78 Å². The second-order valence-corrected chi connectivity index (χ2v) is 12.4. The molecule has 4 nitrogen and oxygen atoms in total. The zero-order chi connectivity index (χ0) is 26.7. The molecule has 38 heavy (non-hydrogen) atoms. The Kier molecular flexibility index (Phi) is 6.20. The maximum Gasteiger partial charge on any atom is 0.224 e. The number of halogens is 2. The van der Waals surface area contributed by atoms with E-state index in [-0.39, 0.29) is 40.1 Å². The van der Waals surface area contributed by atoms with Gasteiger partial charge in [0.2, 0.25) is 5.91 Å². The van der Waals surface area contributed by atoms with Crippen LogP contribution in [0.5, 0.6) is 0 Å². The number of rotatable bonds is 4. The Morgan fingerprint density at radius 2 is 1.55 bits per heavy atom. The second kappa shape index (κ2) is 9.32. The van der Waals surface area contributed by atoms with Crippen LogP contribution in [0.3, 0.4) is 0 Å². The third-order valence-corrected chi connectivity index (χ3v) is 10.6. The van der Waals surface area contributed by atoms with Crippen LogP contribution in [0.15, 0.2) is 60.3 Å². The molecular weight excluding hydrogens is 482 g/mol. The number of benzene rings is 2. The summed E-state index contributed by atoms with van der Waals surface area (Å²) in [5.74, 6) is 0.891. The molecule has 2 saturated carbocycles. The van der Waals surface area contributed by atoms with Gasteiger partial charge in [0.25, 0.3) is 0 Å². The number of allylic oxidation sites excluding steroid dienone is 2. The number of piperidine rings is 1. The van der Waals surface area contributed by atoms with Gasteiger partial charge in [-0.2, -0.15) is 0 Å². The van der Waals surface area contributed by atoms with E-state index in [0.29, 0.717) is 24.2 Å². The molecule has 3 aliphatic carbocycles. The fraction of sp³-hybridized carbons (Fsp3) is 0.500. The lowest BCUT2D eigenvalue weighted by atomic mass is 9.50. The van der Waals surface area contributed by atoms with Gasteiger partial charge in [-0.3, -0.25) is 9.59 Å². The highest BCUT2D eigenvalue weighted by molar-refractivity contribution is 5.91. The summed E-state index contributed by atoms with van der Waals surface area (Å²) < 4.78 is 27.3. The highest BCUT2D eigenvalue weighted by Gasteiger charge is 2.60. The lowest BCUT2D eigenvalue weighted by molar-refractivity contribution is -0.133. The second-order valence-electron chi connectivity index (χ2n) is 12.4. The molecule has 1 saturated heterocycles. The Labute approximate surface area is 223 Å². The molecule has 0 unspecified atom stereocenters. The molecule has 6 heteroatoms. The van der Waals surface area contributed by atoms with Crippen LogP contribution < -0.4 is 10.6 Å². The molecule has 1 amide bonds. The van der Waals surface area contributed by atoms with Gasteiger partial charge in [0.1, 0.15) is 11.6 Å². The average Bonchev–Trinajstić information content (AvgIpc) is 3.26. The van der Waals surface area contributed by atoms with Crippen LogP contribution in [0.1, 0.15) is 69.5 Å². The summed E-state index contributed by atoms with van der Waals surface area (Å²) in [5, 5.41) is 6.90. The van der Waals surface area contributed by atoms with Crippen LogP contribution in [-0.4, -0.2) is 18.2 Å². The van der Waals surface area contributed by atoms with Gasteiger partial charge in [-0.15, -0.1) is 0 Å². The smallest absolute Gasteiger partial charge is 0.224 e. The van der Waals surface area contributed by atoms with Crippen molar-refractivity contribution in [2.24, 2.45) is 34.5 Å². The first-order valence-electron chi connectivity index (χ1n) is 14.0. The van der Waals surface area contributed by atoms with Crippen molar-refractivity contribution in [2.45, 2.75) is 58.4 Å². The third kappa shape index (κ3) is 4.07. The Morgan fingerprint density at radius 1 is 0.921 bits per heavy atom. The van der Waals surface area contributed by atoms with E-state index in [1.165, 1.54) is 24.3 Å². The fourth-order valence-corrected chi connectivity index (χ4v) is 8.49. The lowest BCUT2D eigenvalue weighted by Gasteiger charge is -2.58. The van der Waals surface area contributed by atoms with Crippen LogP contribution >= 0.6 is 0 Å². The maximum atomic E-state index is 14.0. The predicted octanol–water partition coefficient (Wildman–Crippen LogP) is 6.09. The minimum Gasteiger partial charge on any atom is -0.387 e. The Bertz CT molecular complexity index is 1230. The number of fused-ring (bicyclic) bond motifs is 5. The largest absolute Gasteiger partial charge is 0.387 e. The van der Waals surface area contributed by atoms with Crippen LogP contribution in [0.4, 0.5) is 8.78 Å². The molecule has 200 valence electrons. The number of hydrogen-bond acceptors (Lipinski definition) is 3. The molecule has 2 N–H and O–H groups in total. The van der Waals surface area contributed by atoms with Crippen molar-refractivity contribution in [2.75, 3.05) is 6.54 Å². The number of carbonyl (C=O) groups is 2. The van der Waals surface area contributed by atoms with Crippen molar-refractivity contribution < 1.29 is 18.4 Å². The summed E-state index contributed by atoms with van der Waals surface area (Å²) in [5.41, 5.74) is 2.56. The molecule has 1 aliphatic heterocycles. The topological polar surface area (TPSA) is 58.2 Å². The average molecular weight is 519 g/mol. The van der Waals surface area contributed by atoms with E-state index >= 15 is 0 Å². The predicted molar refractivity (Wildman–Crippen MR) is 142 cm³/mol. The van der Waals surface area contributed by atoms with Crippen LogP contribution in [0, 0.1) is 46.1 Å². The zero-order valence-corrected chi connectivity index (χ0v) is 22.1. The molecule has 0 spiro atoms. The maximum absolute atomic E-state index is 14.0. The van der Waals surface area contributed by atoms with Gasteiger partial charge in [-0.05, 0) is 90.7 Å². The summed E-state index contributed by atoms with van der Waals surface area (Å²) in [4.78, 5) is 26.1. The van der Waals surface area contributed by atoms with Crippen molar-refractivity contribution in [3.63, 3.8) is 0 Å². The van der Waals surface area contributed by atoms with E-state index in [4.69, 9.17) is 0 Å². The van der Waals surface area contributed by atoms with Crippen molar-refractivity contribution in [3.05, 3.63) is 83.1 Å². The fourth-order valence-electron chi connectivity index (χ4n) is 8.49. The summed E-state index contributed by atoms with van der Waals surface area (Å²) in [6, 6.07) is 11.8. The zero-order valence-electron chi connectivity index (χ0n) is 22.1. The molecular formula is C32H36F2N2O2. The first-order chi connectivity index (χ1) is 18.2. The molecule has 0 aromatic heterocycles. The summed E-state index contributed by atoms with van der Waals surface area (Å²) in [6.07, 6.45) is 7.26. The normalized spacial score (nSPS) is 34.0. The van der Waals surface area contributed by atoms with Crippen LogP contribution in [0.25, 0.3) is 0 Å². The van der Waals surface area contributed by atoms with Crippen molar-refractivity contribution in [1.29, 1.82) is 0 Å². The molecule has 3 fully saturated rings. The van der Waals surface area contributed by atoms with Gasteiger partial charge in [0.05, 0.1) is 6.04 Å². The molecule has 6 atom stereocenters. The van der Waals surface area contributed by atoms with E-state index in [1.807, 2.05) is 6.08 Å². The first-order valence-corrected chi connectivity index (χ1v) is 14.0. The summed E-state index contributed by atoms with van der Waals surface area (Å²) in [6.45, 7) is 5.49.